The third-order valence-electron chi connectivity index (χ3n) is 4.66. The molecule has 1 heterocycles. The Morgan fingerprint density at radius 3 is 2.76 bits per heavy atom. The van der Waals surface area contributed by atoms with Crippen LogP contribution in [0.1, 0.15) is 11.1 Å². The number of halogens is 1. The van der Waals surface area contributed by atoms with Crippen molar-refractivity contribution in [2.75, 3.05) is 11.9 Å². The van der Waals surface area contributed by atoms with Gasteiger partial charge in [-0.3, -0.25) is 4.79 Å². The van der Waals surface area contributed by atoms with Crippen LogP contribution in [0.4, 0.5) is 10.1 Å². The van der Waals surface area contributed by atoms with E-state index in [1.165, 1.54) is 12.1 Å². The van der Waals surface area contributed by atoms with Gasteiger partial charge in [0.15, 0.2) is 12.2 Å². The van der Waals surface area contributed by atoms with Gasteiger partial charge in [0.25, 0.3) is 5.91 Å². The summed E-state index contributed by atoms with van der Waals surface area (Å²) in [4.78, 5) is 16.7. The number of nitrogens with zero attached hydrogens (tertiary/aromatic N) is 1. The second kappa shape index (κ2) is 7.75. The van der Waals surface area contributed by atoms with Crippen molar-refractivity contribution in [3.8, 4) is 17.2 Å². The molecule has 0 aliphatic carbocycles. The number of hydrogen-bond acceptors (Lipinski definition) is 4. The number of benzene rings is 3. The molecule has 29 heavy (non-hydrogen) atoms. The number of carbonyl (C=O) groups is 1. The minimum absolute atomic E-state index is 0.101. The highest BCUT2D eigenvalue weighted by Crippen LogP contribution is 2.26. The van der Waals surface area contributed by atoms with Crippen LogP contribution in [0.25, 0.3) is 22.6 Å². The zero-order valence-electron chi connectivity index (χ0n) is 16.0. The summed E-state index contributed by atoms with van der Waals surface area (Å²) in [6.45, 7) is 3.85. The number of rotatable bonds is 5. The predicted molar refractivity (Wildman–Crippen MR) is 109 cm³/mol. The summed E-state index contributed by atoms with van der Waals surface area (Å²) in [5, 5.41) is 2.79. The molecule has 0 atom stereocenters. The van der Waals surface area contributed by atoms with Crippen LogP contribution in [0.15, 0.2) is 65.1 Å². The molecule has 0 aliphatic rings. The topological polar surface area (TPSA) is 64.4 Å². The van der Waals surface area contributed by atoms with E-state index < -0.39 is 0 Å². The number of hydrogen-bond donors (Lipinski definition) is 1. The minimum atomic E-state index is -0.360. The Hall–Kier alpha value is -3.67. The zero-order chi connectivity index (χ0) is 20.4. The maximum atomic E-state index is 13.4. The lowest BCUT2D eigenvalue weighted by Gasteiger charge is -2.11. The summed E-state index contributed by atoms with van der Waals surface area (Å²) < 4.78 is 24.7. The van der Waals surface area contributed by atoms with Gasteiger partial charge in [0.05, 0.1) is 0 Å². The molecule has 0 saturated heterocycles. The fraction of sp³-hybridized carbons (Fsp3) is 0.130. The Bertz CT molecular complexity index is 1200. The van der Waals surface area contributed by atoms with E-state index >= 15 is 0 Å². The number of fused-ring (bicyclic) bond motifs is 1. The number of carbonyl (C=O) groups excluding carboxylic acids is 1. The van der Waals surface area contributed by atoms with Crippen LogP contribution in [0, 0.1) is 19.7 Å². The first-order valence-electron chi connectivity index (χ1n) is 9.15. The van der Waals surface area contributed by atoms with E-state index in [4.69, 9.17) is 9.15 Å². The predicted octanol–water partition coefficient (Wildman–Crippen LogP) is 5.27. The zero-order valence-corrected chi connectivity index (χ0v) is 16.0. The molecule has 0 saturated carbocycles. The summed E-state index contributed by atoms with van der Waals surface area (Å²) in [5.74, 6) is 0.369. The van der Waals surface area contributed by atoms with Gasteiger partial charge in [-0.2, -0.15) is 0 Å². The highest BCUT2D eigenvalue weighted by atomic mass is 19.1. The Labute approximate surface area is 167 Å². The van der Waals surface area contributed by atoms with E-state index in [0.29, 0.717) is 34.0 Å². The van der Waals surface area contributed by atoms with Crippen molar-refractivity contribution in [3.05, 3.63) is 77.6 Å². The number of aryl methyl sites for hydroxylation is 1. The number of amides is 1. The Balaban J connectivity index is 1.46. The number of nitrogens with one attached hydrogen (secondary N) is 1. The molecule has 0 radical (unpaired) electrons. The molecule has 1 aromatic heterocycles. The van der Waals surface area contributed by atoms with Crippen LogP contribution in [0.3, 0.4) is 0 Å². The van der Waals surface area contributed by atoms with E-state index in [1.54, 1.807) is 30.3 Å². The lowest BCUT2D eigenvalue weighted by molar-refractivity contribution is -0.118. The van der Waals surface area contributed by atoms with Gasteiger partial charge < -0.3 is 14.5 Å². The third kappa shape index (κ3) is 4.11. The van der Waals surface area contributed by atoms with E-state index in [1.807, 2.05) is 32.0 Å². The highest BCUT2D eigenvalue weighted by molar-refractivity contribution is 5.94. The van der Waals surface area contributed by atoms with Gasteiger partial charge in [-0.15, -0.1) is 0 Å². The highest BCUT2D eigenvalue weighted by Gasteiger charge is 2.11. The molecule has 1 N–H and O–H groups in total. The first-order valence-corrected chi connectivity index (χ1v) is 9.15. The molecule has 0 fully saturated rings. The summed E-state index contributed by atoms with van der Waals surface area (Å²) in [7, 11) is 0. The first-order chi connectivity index (χ1) is 14.0. The van der Waals surface area contributed by atoms with Crippen molar-refractivity contribution in [2.45, 2.75) is 13.8 Å². The lowest BCUT2D eigenvalue weighted by Crippen LogP contribution is -2.20. The van der Waals surface area contributed by atoms with Crippen molar-refractivity contribution in [1.29, 1.82) is 0 Å². The number of anilines is 1. The van der Waals surface area contributed by atoms with Crippen molar-refractivity contribution in [1.82, 2.24) is 4.98 Å². The Morgan fingerprint density at radius 1 is 1.10 bits per heavy atom. The fourth-order valence-electron chi connectivity index (χ4n) is 2.97. The van der Waals surface area contributed by atoms with Gasteiger partial charge in [-0.1, -0.05) is 18.2 Å². The van der Waals surface area contributed by atoms with Crippen LogP contribution in [0.5, 0.6) is 5.75 Å². The van der Waals surface area contributed by atoms with Crippen molar-refractivity contribution < 1.29 is 18.3 Å². The van der Waals surface area contributed by atoms with Gasteiger partial charge in [0, 0.05) is 11.3 Å². The van der Waals surface area contributed by atoms with Crippen molar-refractivity contribution in [3.63, 3.8) is 0 Å². The average Bonchev–Trinajstić information content (AvgIpc) is 3.12. The Morgan fingerprint density at radius 2 is 1.93 bits per heavy atom. The second-order valence-corrected chi connectivity index (χ2v) is 6.75. The molecular weight excluding hydrogens is 371 g/mol. The number of oxazole rings is 1. The second-order valence-electron chi connectivity index (χ2n) is 6.75. The van der Waals surface area contributed by atoms with Crippen LogP contribution in [-0.2, 0) is 4.79 Å². The molecule has 0 bridgehead atoms. The summed E-state index contributed by atoms with van der Waals surface area (Å²) >= 11 is 0. The van der Waals surface area contributed by atoms with Crippen LogP contribution in [-0.4, -0.2) is 17.5 Å². The van der Waals surface area contributed by atoms with Gasteiger partial charge in [0.2, 0.25) is 5.89 Å². The van der Waals surface area contributed by atoms with E-state index in [0.717, 1.165) is 11.1 Å². The van der Waals surface area contributed by atoms with Gasteiger partial charge in [-0.25, -0.2) is 9.37 Å². The smallest absolute Gasteiger partial charge is 0.262 e. The molecule has 6 heteroatoms. The molecule has 1 amide bonds. The molecular formula is C23H19FN2O3. The standard InChI is InChI=1S/C23H19FN2O3/c1-14-5-3-8-20(15(14)2)28-13-22(27)25-18-9-10-21-19(12-18)26-23(29-21)16-6-4-7-17(24)11-16/h3-12H,13H2,1-2H3,(H,25,27). The maximum absolute atomic E-state index is 13.4. The summed E-state index contributed by atoms with van der Waals surface area (Å²) in [6, 6.07) is 16.9. The minimum Gasteiger partial charge on any atom is -0.483 e. The monoisotopic (exact) mass is 390 g/mol. The average molecular weight is 390 g/mol. The van der Waals surface area contributed by atoms with E-state index in [-0.39, 0.29) is 18.3 Å². The van der Waals surface area contributed by atoms with Gasteiger partial charge in [-0.05, 0) is 67.4 Å². The molecule has 3 aromatic carbocycles. The van der Waals surface area contributed by atoms with Crippen LogP contribution < -0.4 is 10.1 Å². The van der Waals surface area contributed by atoms with Crippen LogP contribution in [0.2, 0.25) is 0 Å². The molecule has 0 spiro atoms. The normalized spacial score (nSPS) is 10.9. The fourth-order valence-corrected chi connectivity index (χ4v) is 2.97. The molecule has 146 valence electrons. The largest absolute Gasteiger partial charge is 0.483 e. The number of aromatic nitrogens is 1. The van der Waals surface area contributed by atoms with E-state index in [9.17, 15) is 9.18 Å². The molecule has 0 unspecified atom stereocenters. The van der Waals surface area contributed by atoms with Crippen molar-refractivity contribution in [2.24, 2.45) is 0 Å². The van der Waals surface area contributed by atoms with Gasteiger partial charge >= 0.3 is 0 Å². The quantitative estimate of drug-likeness (QED) is 0.504. The van der Waals surface area contributed by atoms with Gasteiger partial charge in [0.1, 0.15) is 17.1 Å². The Kier molecular flexibility index (Phi) is 4.99. The summed E-state index contributed by atoms with van der Waals surface area (Å²) in [5.41, 5.74) is 4.36. The lowest BCUT2D eigenvalue weighted by atomic mass is 10.1. The third-order valence-corrected chi connectivity index (χ3v) is 4.66. The maximum Gasteiger partial charge on any atom is 0.262 e. The SMILES string of the molecule is Cc1cccc(OCC(=O)Nc2ccc3oc(-c4cccc(F)c4)nc3c2)c1C. The molecule has 4 rings (SSSR count). The van der Waals surface area contributed by atoms with Crippen LogP contribution >= 0.6 is 0 Å². The molecule has 4 aromatic rings. The summed E-state index contributed by atoms with van der Waals surface area (Å²) in [6.07, 6.45) is 0. The first kappa shape index (κ1) is 18.7. The van der Waals surface area contributed by atoms with E-state index in [2.05, 4.69) is 10.3 Å². The molecule has 0 aliphatic heterocycles. The molecule has 5 nitrogen and oxygen atoms in total. The van der Waals surface area contributed by atoms with Crippen molar-refractivity contribution >= 4 is 22.7 Å². The number of ether oxygens (including phenoxy) is 1.